The minimum atomic E-state index is -0.496. The number of benzene rings is 1. The first-order valence-corrected chi connectivity index (χ1v) is 10.5. The number of hydrogen-bond acceptors (Lipinski definition) is 6. The number of nitrogens with zero attached hydrogens (tertiary/aromatic N) is 2. The first kappa shape index (κ1) is 21.7. The highest BCUT2D eigenvalue weighted by Gasteiger charge is 2.28. The van der Waals surface area contributed by atoms with Crippen LogP contribution in [0.15, 0.2) is 12.1 Å². The summed E-state index contributed by atoms with van der Waals surface area (Å²) in [5.41, 5.74) is 2.91. The molecule has 1 fully saturated rings. The fourth-order valence-electron chi connectivity index (χ4n) is 3.55. The average molecular weight is 406 g/mol. The SMILES string of the molecule is CN(C)CCOc1cc2c(c(N[C@@H]3CCOC3)c1)CN(C(=O)OC(C)(C)C)CC2. The maximum atomic E-state index is 12.6. The lowest BCUT2D eigenvalue weighted by molar-refractivity contribution is 0.0224. The van der Waals surface area contributed by atoms with Crippen LogP contribution in [0.5, 0.6) is 5.75 Å². The van der Waals surface area contributed by atoms with E-state index in [9.17, 15) is 4.79 Å². The third-order valence-corrected chi connectivity index (χ3v) is 5.06. The van der Waals surface area contributed by atoms with Crippen molar-refractivity contribution in [2.45, 2.75) is 51.8 Å². The lowest BCUT2D eigenvalue weighted by Crippen LogP contribution is -2.40. The Morgan fingerprint density at radius 3 is 2.79 bits per heavy atom. The number of fused-ring (bicyclic) bond motifs is 1. The van der Waals surface area contributed by atoms with Gasteiger partial charge < -0.3 is 29.3 Å². The number of nitrogens with one attached hydrogen (secondary N) is 1. The number of anilines is 1. The highest BCUT2D eigenvalue weighted by molar-refractivity contribution is 5.70. The second-order valence-electron chi connectivity index (χ2n) is 9.12. The van der Waals surface area contributed by atoms with Gasteiger partial charge in [-0.3, -0.25) is 0 Å². The van der Waals surface area contributed by atoms with Crippen LogP contribution in [0.25, 0.3) is 0 Å². The Bertz CT molecular complexity index is 709. The van der Waals surface area contributed by atoms with Crippen molar-refractivity contribution in [2.75, 3.05) is 52.3 Å². The van der Waals surface area contributed by atoms with Gasteiger partial charge in [-0.05, 0) is 64.9 Å². The van der Waals surface area contributed by atoms with E-state index in [-0.39, 0.29) is 12.1 Å². The van der Waals surface area contributed by atoms with Crippen molar-refractivity contribution in [1.82, 2.24) is 9.80 Å². The van der Waals surface area contributed by atoms with Crippen LogP contribution in [-0.2, 0) is 22.4 Å². The molecule has 2 heterocycles. The number of hydrogen-bond donors (Lipinski definition) is 1. The summed E-state index contributed by atoms with van der Waals surface area (Å²) in [5.74, 6) is 0.873. The first-order chi connectivity index (χ1) is 13.7. The zero-order valence-electron chi connectivity index (χ0n) is 18.4. The number of amides is 1. The normalized spacial score (nSPS) is 19.2. The molecule has 1 aromatic rings. The Morgan fingerprint density at radius 1 is 1.34 bits per heavy atom. The van der Waals surface area contributed by atoms with Gasteiger partial charge in [0.25, 0.3) is 0 Å². The summed E-state index contributed by atoms with van der Waals surface area (Å²) < 4.78 is 17.1. The molecule has 0 aliphatic carbocycles. The Morgan fingerprint density at radius 2 is 2.14 bits per heavy atom. The lowest BCUT2D eigenvalue weighted by Gasteiger charge is -2.33. The van der Waals surface area contributed by atoms with Gasteiger partial charge in [-0.15, -0.1) is 0 Å². The molecule has 1 amide bonds. The van der Waals surface area contributed by atoms with Crippen molar-refractivity contribution < 1.29 is 19.0 Å². The quantitative estimate of drug-likeness (QED) is 0.785. The van der Waals surface area contributed by atoms with Gasteiger partial charge in [-0.1, -0.05) is 0 Å². The van der Waals surface area contributed by atoms with Gasteiger partial charge >= 0.3 is 6.09 Å². The van der Waals surface area contributed by atoms with Crippen molar-refractivity contribution in [1.29, 1.82) is 0 Å². The van der Waals surface area contributed by atoms with Gasteiger partial charge in [0.15, 0.2) is 0 Å². The fraction of sp³-hybridized carbons (Fsp3) is 0.682. The molecule has 1 atom stereocenters. The van der Waals surface area contributed by atoms with Crippen molar-refractivity contribution >= 4 is 11.8 Å². The predicted molar refractivity (Wildman–Crippen MR) is 114 cm³/mol. The van der Waals surface area contributed by atoms with Crippen LogP contribution in [0.2, 0.25) is 0 Å². The molecule has 3 rings (SSSR count). The second-order valence-corrected chi connectivity index (χ2v) is 9.12. The summed E-state index contributed by atoms with van der Waals surface area (Å²) in [6.45, 7) is 9.87. The van der Waals surface area contributed by atoms with E-state index < -0.39 is 5.60 Å². The Labute approximate surface area is 174 Å². The Hall–Kier alpha value is -1.99. The van der Waals surface area contributed by atoms with Gasteiger partial charge in [-0.2, -0.15) is 0 Å². The van der Waals surface area contributed by atoms with E-state index in [0.29, 0.717) is 26.3 Å². The highest BCUT2D eigenvalue weighted by Crippen LogP contribution is 2.33. The third-order valence-electron chi connectivity index (χ3n) is 5.06. The fourth-order valence-corrected chi connectivity index (χ4v) is 3.55. The van der Waals surface area contributed by atoms with Crippen LogP contribution >= 0.6 is 0 Å². The summed E-state index contributed by atoms with van der Waals surface area (Å²) in [5, 5.41) is 3.62. The van der Waals surface area contributed by atoms with E-state index in [2.05, 4.69) is 22.3 Å². The van der Waals surface area contributed by atoms with Crippen LogP contribution in [0.3, 0.4) is 0 Å². The molecule has 162 valence electrons. The molecule has 7 heteroatoms. The summed E-state index contributed by atoms with van der Waals surface area (Å²) in [6.07, 6.45) is 1.51. The monoisotopic (exact) mass is 405 g/mol. The first-order valence-electron chi connectivity index (χ1n) is 10.5. The maximum Gasteiger partial charge on any atom is 0.410 e. The highest BCUT2D eigenvalue weighted by atomic mass is 16.6. The van der Waals surface area contributed by atoms with E-state index >= 15 is 0 Å². The summed E-state index contributed by atoms with van der Waals surface area (Å²) in [7, 11) is 4.07. The molecule has 2 aliphatic rings. The molecule has 0 unspecified atom stereocenters. The molecule has 0 saturated carbocycles. The molecule has 2 aliphatic heterocycles. The molecule has 1 aromatic carbocycles. The smallest absolute Gasteiger partial charge is 0.410 e. The molecule has 7 nitrogen and oxygen atoms in total. The Kier molecular flexibility index (Phi) is 6.90. The number of carbonyl (C=O) groups excluding carboxylic acids is 1. The van der Waals surface area contributed by atoms with Crippen molar-refractivity contribution in [3.8, 4) is 5.75 Å². The van der Waals surface area contributed by atoms with E-state index in [0.717, 1.165) is 43.0 Å². The molecule has 1 saturated heterocycles. The van der Waals surface area contributed by atoms with E-state index in [1.807, 2.05) is 34.9 Å². The molecule has 29 heavy (non-hydrogen) atoms. The number of likely N-dealkylation sites (N-methyl/N-ethyl adjacent to an activating group) is 1. The zero-order chi connectivity index (χ0) is 21.0. The summed E-state index contributed by atoms with van der Waals surface area (Å²) >= 11 is 0. The molecule has 0 aromatic heterocycles. The van der Waals surface area contributed by atoms with E-state index in [1.165, 1.54) is 5.56 Å². The van der Waals surface area contributed by atoms with Crippen LogP contribution in [-0.4, -0.2) is 74.5 Å². The average Bonchev–Trinajstić information content (AvgIpc) is 3.12. The van der Waals surface area contributed by atoms with Gasteiger partial charge in [-0.25, -0.2) is 4.79 Å². The molecule has 0 spiro atoms. The topological polar surface area (TPSA) is 63.3 Å². The van der Waals surface area contributed by atoms with E-state index in [4.69, 9.17) is 14.2 Å². The second kappa shape index (κ2) is 9.22. The zero-order valence-corrected chi connectivity index (χ0v) is 18.4. The Balaban J connectivity index is 1.79. The van der Waals surface area contributed by atoms with Crippen LogP contribution in [0.4, 0.5) is 10.5 Å². The molecular formula is C22H35N3O4. The van der Waals surface area contributed by atoms with Crippen LogP contribution < -0.4 is 10.1 Å². The predicted octanol–water partition coefficient (Wildman–Crippen LogP) is 3.12. The number of rotatable bonds is 6. The van der Waals surface area contributed by atoms with Gasteiger partial charge in [0.2, 0.25) is 0 Å². The summed E-state index contributed by atoms with van der Waals surface area (Å²) in [6, 6.07) is 4.46. The minimum Gasteiger partial charge on any atom is -0.492 e. The van der Waals surface area contributed by atoms with Crippen molar-refractivity contribution in [2.24, 2.45) is 0 Å². The molecule has 0 bridgehead atoms. The molecule has 1 N–H and O–H groups in total. The number of carbonyl (C=O) groups is 1. The molecular weight excluding hydrogens is 370 g/mol. The lowest BCUT2D eigenvalue weighted by atomic mass is 9.97. The maximum absolute atomic E-state index is 12.6. The standard InChI is InChI=1S/C22H35N3O4/c1-22(2,3)29-21(26)25-8-6-16-12-18(28-11-9-24(4)5)13-20(19(16)14-25)23-17-7-10-27-15-17/h12-13,17,23H,6-11,14-15H2,1-5H3/t17-/m1/s1. The van der Waals surface area contributed by atoms with Gasteiger partial charge in [0.1, 0.15) is 18.0 Å². The number of ether oxygens (including phenoxy) is 3. The summed E-state index contributed by atoms with van der Waals surface area (Å²) in [4.78, 5) is 16.5. The minimum absolute atomic E-state index is 0.260. The van der Waals surface area contributed by atoms with Crippen LogP contribution in [0.1, 0.15) is 38.3 Å². The third kappa shape index (κ3) is 6.24. The van der Waals surface area contributed by atoms with Gasteiger partial charge in [0.05, 0.1) is 19.2 Å². The van der Waals surface area contributed by atoms with Crippen molar-refractivity contribution in [3.05, 3.63) is 23.3 Å². The van der Waals surface area contributed by atoms with E-state index in [1.54, 1.807) is 4.90 Å². The van der Waals surface area contributed by atoms with Crippen LogP contribution in [0, 0.1) is 0 Å². The van der Waals surface area contributed by atoms with Gasteiger partial charge in [0, 0.05) is 31.5 Å². The van der Waals surface area contributed by atoms with Crippen molar-refractivity contribution in [3.63, 3.8) is 0 Å². The molecule has 0 radical (unpaired) electrons. The largest absolute Gasteiger partial charge is 0.492 e.